The van der Waals surface area contributed by atoms with Crippen LogP contribution in [0.1, 0.15) is 18.2 Å². The molecule has 3 heterocycles. The molecule has 0 bridgehead atoms. The molecule has 3 aromatic heterocycles. The Labute approximate surface area is 215 Å². The third-order valence-electron chi connectivity index (χ3n) is 5.49. The molecule has 1 aromatic carbocycles. The zero-order chi connectivity index (χ0) is 25.9. The number of fused-ring (bicyclic) bond motifs is 1. The number of sulfonamides is 1. The molecule has 0 unspecified atom stereocenters. The second kappa shape index (κ2) is 10.4. The first kappa shape index (κ1) is 25.3. The Hall–Kier alpha value is -3.84. The number of hydrazone groups is 1. The van der Waals surface area contributed by atoms with Gasteiger partial charge in [0.1, 0.15) is 4.90 Å². The number of nitrogens with zero attached hydrogens (tertiary/aromatic N) is 6. The van der Waals surface area contributed by atoms with Gasteiger partial charge < -0.3 is 4.90 Å². The van der Waals surface area contributed by atoms with Crippen LogP contribution in [0.3, 0.4) is 0 Å². The summed E-state index contributed by atoms with van der Waals surface area (Å²) in [7, 11) is -2.54. The predicted octanol–water partition coefficient (Wildman–Crippen LogP) is 3.78. The number of rotatable bonds is 9. The molecule has 0 aliphatic carbocycles. The number of likely N-dealkylation sites (N-methyl/N-ethyl adjacent to an activating group) is 1. The molecule has 0 amide bonds. The number of nitro groups is 1. The lowest BCUT2D eigenvalue weighted by molar-refractivity contribution is -0.385. The second-order valence-corrected chi connectivity index (χ2v) is 10.5. The third-order valence-corrected chi connectivity index (χ3v) is 7.22. The molecule has 11 nitrogen and oxygen atoms in total. The first-order chi connectivity index (χ1) is 17.2. The van der Waals surface area contributed by atoms with Crippen LogP contribution in [0.4, 0.5) is 11.4 Å². The lowest BCUT2D eigenvalue weighted by Crippen LogP contribution is -2.26. The van der Waals surface area contributed by atoms with Gasteiger partial charge in [0, 0.05) is 60.3 Å². The third kappa shape index (κ3) is 5.52. The summed E-state index contributed by atoms with van der Waals surface area (Å²) in [6, 6.07) is 13.0. The maximum atomic E-state index is 13.3. The van der Waals surface area contributed by atoms with Gasteiger partial charge in [-0.05, 0) is 37.3 Å². The van der Waals surface area contributed by atoms with Gasteiger partial charge in [-0.2, -0.15) is 23.4 Å². The minimum absolute atomic E-state index is 0.251. The lowest BCUT2D eigenvalue weighted by atomic mass is 10.2. The lowest BCUT2D eigenvalue weighted by Gasteiger charge is -2.22. The van der Waals surface area contributed by atoms with Gasteiger partial charge in [-0.1, -0.05) is 22.0 Å². The fourth-order valence-corrected chi connectivity index (χ4v) is 5.03. The molecule has 0 atom stereocenters. The van der Waals surface area contributed by atoms with Gasteiger partial charge in [0.15, 0.2) is 0 Å². The molecule has 0 spiro atoms. The van der Waals surface area contributed by atoms with Crippen molar-refractivity contribution in [3.8, 4) is 0 Å². The maximum Gasteiger partial charge on any atom is 0.278 e. The van der Waals surface area contributed by atoms with Crippen LogP contribution in [0.5, 0.6) is 0 Å². The van der Waals surface area contributed by atoms with Gasteiger partial charge in [-0.25, -0.2) is 4.52 Å². The number of non-ortho nitro benzene ring substituents is 1. The molecule has 0 aliphatic rings. The molecule has 0 fully saturated rings. The Balaban J connectivity index is 1.64. The van der Waals surface area contributed by atoms with Crippen molar-refractivity contribution in [3.05, 3.63) is 93.0 Å². The van der Waals surface area contributed by atoms with E-state index < -0.39 is 14.9 Å². The van der Waals surface area contributed by atoms with Crippen LogP contribution < -0.4 is 9.73 Å². The summed E-state index contributed by atoms with van der Waals surface area (Å²) in [6.07, 6.45) is 5.59. The molecule has 13 heteroatoms. The topological polar surface area (TPSA) is 135 Å². The Morgan fingerprint density at radius 1 is 1.25 bits per heavy atom. The molecule has 4 aromatic rings. The molecular formula is C23H22BrN7O4S. The number of halogens is 1. The molecule has 186 valence electrons. The molecule has 0 aliphatic heterocycles. The van der Waals surface area contributed by atoms with Crippen LogP contribution >= 0.6 is 15.9 Å². The van der Waals surface area contributed by atoms with E-state index in [0.29, 0.717) is 29.9 Å². The largest absolute Gasteiger partial charge is 0.373 e. The van der Waals surface area contributed by atoms with E-state index in [9.17, 15) is 18.5 Å². The molecular weight excluding hydrogens is 550 g/mol. The SMILES string of the molecule is CC(=NNS(=O)(=O)c1cc([N+](=O)[O-])ccc1N(C)CCc1ccccn1)c1cnn2ccc(Br)cc12. The van der Waals surface area contributed by atoms with Gasteiger partial charge in [-0.15, -0.1) is 0 Å². The monoisotopic (exact) mass is 571 g/mol. The van der Waals surface area contributed by atoms with Crippen LogP contribution in [-0.4, -0.2) is 47.2 Å². The Bertz CT molecular complexity index is 1560. The van der Waals surface area contributed by atoms with Crippen molar-refractivity contribution in [1.29, 1.82) is 0 Å². The van der Waals surface area contributed by atoms with Crippen molar-refractivity contribution >= 4 is 48.6 Å². The van der Waals surface area contributed by atoms with E-state index in [1.807, 2.05) is 30.3 Å². The van der Waals surface area contributed by atoms with Crippen molar-refractivity contribution in [2.24, 2.45) is 5.10 Å². The van der Waals surface area contributed by atoms with E-state index in [-0.39, 0.29) is 10.6 Å². The first-order valence-electron chi connectivity index (χ1n) is 10.7. The summed E-state index contributed by atoms with van der Waals surface area (Å²) in [5, 5.41) is 19.7. The van der Waals surface area contributed by atoms with E-state index in [0.717, 1.165) is 21.7 Å². The summed E-state index contributed by atoms with van der Waals surface area (Å²) in [5.41, 5.74) is 2.54. The van der Waals surface area contributed by atoms with Gasteiger partial charge >= 0.3 is 0 Å². The predicted molar refractivity (Wildman–Crippen MR) is 140 cm³/mol. The van der Waals surface area contributed by atoms with Crippen LogP contribution in [0.25, 0.3) is 5.52 Å². The highest BCUT2D eigenvalue weighted by Crippen LogP contribution is 2.29. The number of nitro benzene ring substituents is 1. The van der Waals surface area contributed by atoms with E-state index in [1.165, 1.54) is 12.1 Å². The summed E-state index contributed by atoms with van der Waals surface area (Å²) in [4.78, 5) is 18.7. The maximum absolute atomic E-state index is 13.3. The quantitative estimate of drug-likeness (QED) is 0.183. The average Bonchev–Trinajstić information content (AvgIpc) is 3.29. The van der Waals surface area contributed by atoms with Crippen LogP contribution in [0.2, 0.25) is 0 Å². The van der Waals surface area contributed by atoms with Crippen molar-refractivity contribution in [2.75, 3.05) is 18.5 Å². The molecule has 0 saturated heterocycles. The first-order valence-corrected chi connectivity index (χ1v) is 13.0. The zero-order valence-corrected chi connectivity index (χ0v) is 21.8. The van der Waals surface area contributed by atoms with Gasteiger partial charge in [0.05, 0.1) is 28.0 Å². The number of hydrogen-bond donors (Lipinski definition) is 1. The molecule has 1 N–H and O–H groups in total. The fourth-order valence-electron chi connectivity index (χ4n) is 3.57. The van der Waals surface area contributed by atoms with E-state index >= 15 is 0 Å². The van der Waals surface area contributed by atoms with Crippen LogP contribution in [-0.2, 0) is 16.4 Å². The van der Waals surface area contributed by atoms with Crippen molar-refractivity contribution in [3.63, 3.8) is 0 Å². The average molecular weight is 572 g/mol. The van der Waals surface area contributed by atoms with Gasteiger partial charge in [0.2, 0.25) is 0 Å². The highest BCUT2D eigenvalue weighted by molar-refractivity contribution is 9.10. The Morgan fingerprint density at radius 3 is 2.78 bits per heavy atom. The summed E-state index contributed by atoms with van der Waals surface area (Å²) < 4.78 is 29.1. The molecule has 0 radical (unpaired) electrons. The van der Waals surface area contributed by atoms with Crippen molar-refractivity contribution < 1.29 is 13.3 Å². The fraction of sp³-hybridized carbons (Fsp3) is 0.174. The summed E-state index contributed by atoms with van der Waals surface area (Å²) >= 11 is 3.41. The second-order valence-electron chi connectivity index (χ2n) is 7.93. The number of benzene rings is 1. The van der Waals surface area contributed by atoms with E-state index in [1.54, 1.807) is 42.0 Å². The Kier molecular flexibility index (Phi) is 7.31. The highest BCUT2D eigenvalue weighted by Gasteiger charge is 2.24. The summed E-state index contributed by atoms with van der Waals surface area (Å²) in [5.74, 6) is 0. The molecule has 4 rings (SSSR count). The van der Waals surface area contributed by atoms with Crippen molar-refractivity contribution in [2.45, 2.75) is 18.2 Å². The minimum atomic E-state index is -4.26. The van der Waals surface area contributed by atoms with Crippen LogP contribution in [0, 0.1) is 10.1 Å². The van der Waals surface area contributed by atoms with E-state index in [2.05, 4.69) is 35.9 Å². The smallest absolute Gasteiger partial charge is 0.278 e. The number of pyridine rings is 2. The Morgan fingerprint density at radius 2 is 2.06 bits per heavy atom. The minimum Gasteiger partial charge on any atom is -0.373 e. The number of aromatic nitrogens is 3. The van der Waals surface area contributed by atoms with E-state index in [4.69, 9.17) is 0 Å². The normalized spacial score (nSPS) is 12.0. The number of anilines is 1. The highest BCUT2D eigenvalue weighted by atomic mass is 79.9. The van der Waals surface area contributed by atoms with Gasteiger partial charge in [0.25, 0.3) is 15.7 Å². The number of nitrogens with one attached hydrogen (secondary N) is 1. The molecule has 0 saturated carbocycles. The van der Waals surface area contributed by atoms with Crippen LogP contribution in [0.15, 0.2) is 81.6 Å². The summed E-state index contributed by atoms with van der Waals surface area (Å²) in [6.45, 7) is 2.09. The standard InChI is InChI=1S/C23H22BrN7O4S/c1-16(20-15-26-30-12-8-17(24)13-22(20)30)27-28-36(34,35)23-14-19(31(32)33)6-7-21(23)29(2)11-9-18-5-3-4-10-25-18/h3-8,10,12-15,28H,9,11H2,1-2H3. The van der Waals surface area contributed by atoms with Gasteiger partial charge in [-0.3, -0.25) is 15.1 Å². The van der Waals surface area contributed by atoms with Crippen molar-refractivity contribution in [1.82, 2.24) is 19.4 Å². The molecule has 36 heavy (non-hydrogen) atoms. The number of hydrogen-bond acceptors (Lipinski definition) is 8. The zero-order valence-electron chi connectivity index (χ0n) is 19.4.